The minimum absolute atomic E-state index is 0.562. The lowest BCUT2D eigenvalue weighted by Gasteiger charge is -2.12. The normalized spacial score (nSPS) is 15.2. The topological polar surface area (TPSA) is 43.3 Å². The molecule has 1 fully saturated rings. The Hall–Kier alpha value is -1.87. The average molecular weight is 309 g/mol. The fourth-order valence-corrected chi connectivity index (χ4v) is 3.14. The predicted octanol–water partition coefficient (Wildman–Crippen LogP) is 4.37. The highest BCUT2D eigenvalue weighted by atomic mass is 15.0. The summed E-state index contributed by atoms with van der Waals surface area (Å²) >= 11 is 0. The lowest BCUT2D eigenvalue weighted by Crippen LogP contribution is -2.08. The summed E-state index contributed by atoms with van der Waals surface area (Å²) < 4.78 is 2.35. The number of aryl methyl sites for hydroxylation is 1. The van der Waals surface area contributed by atoms with Crippen LogP contribution in [0.4, 0.5) is 5.69 Å². The Kier molecular flexibility index (Phi) is 4.67. The van der Waals surface area contributed by atoms with Gasteiger partial charge in [-0.25, -0.2) is 0 Å². The number of aromatic nitrogens is 1. The first-order valence-corrected chi connectivity index (χ1v) is 8.65. The maximum Gasteiger partial charge on any atom is 0.0668 e. The molecule has 1 heterocycles. The number of nitrogens with zero attached hydrogens (tertiary/aromatic N) is 2. The van der Waals surface area contributed by atoms with Gasteiger partial charge in [0.2, 0.25) is 0 Å². The van der Waals surface area contributed by atoms with Gasteiger partial charge in [0.25, 0.3) is 0 Å². The molecule has 0 atom stereocenters. The quantitative estimate of drug-likeness (QED) is 0.791. The second kappa shape index (κ2) is 6.71. The Balaban J connectivity index is 1.95. The highest BCUT2D eigenvalue weighted by molar-refractivity contribution is 5.99. The molecule has 1 aromatic carbocycles. The van der Waals surface area contributed by atoms with Gasteiger partial charge in [-0.3, -0.25) is 4.99 Å². The second-order valence-corrected chi connectivity index (χ2v) is 6.64. The number of aliphatic imine (C=N–C) groups is 1. The van der Waals surface area contributed by atoms with Crippen molar-refractivity contribution in [3.05, 3.63) is 52.8 Å². The van der Waals surface area contributed by atoms with Crippen molar-refractivity contribution in [3.63, 3.8) is 0 Å². The molecule has 0 amide bonds. The van der Waals surface area contributed by atoms with E-state index in [9.17, 15) is 0 Å². The summed E-state index contributed by atoms with van der Waals surface area (Å²) in [4.78, 5) is 4.95. The monoisotopic (exact) mass is 309 g/mol. The SMILES string of the molecule is CCc1cc(CN)cc(/N=C(\C)c2cccn2CC2CC2)c1C. The van der Waals surface area contributed by atoms with Crippen molar-refractivity contribution in [1.82, 2.24) is 4.57 Å². The van der Waals surface area contributed by atoms with E-state index < -0.39 is 0 Å². The smallest absolute Gasteiger partial charge is 0.0668 e. The molecule has 122 valence electrons. The molecule has 2 aromatic rings. The zero-order valence-electron chi connectivity index (χ0n) is 14.5. The number of benzene rings is 1. The van der Waals surface area contributed by atoms with Crippen LogP contribution in [-0.4, -0.2) is 10.3 Å². The van der Waals surface area contributed by atoms with Crippen LogP contribution in [0, 0.1) is 12.8 Å². The first-order chi connectivity index (χ1) is 11.1. The molecule has 0 aliphatic heterocycles. The molecule has 2 N–H and O–H groups in total. The van der Waals surface area contributed by atoms with E-state index in [1.165, 1.54) is 29.7 Å². The van der Waals surface area contributed by atoms with Gasteiger partial charge >= 0.3 is 0 Å². The third kappa shape index (κ3) is 3.56. The lowest BCUT2D eigenvalue weighted by atomic mass is 10.0. The number of hydrogen-bond donors (Lipinski definition) is 1. The standard InChI is InChI=1S/C20H27N3/c1-4-18-10-17(12-21)11-19(14(18)2)22-15(3)20-6-5-9-23(20)13-16-7-8-16/h5-6,9-11,16H,4,7-8,12-13,21H2,1-3H3/b22-15+. The molecule has 23 heavy (non-hydrogen) atoms. The van der Waals surface area contributed by atoms with Crippen LogP contribution in [0.5, 0.6) is 0 Å². The van der Waals surface area contributed by atoms with Gasteiger partial charge in [-0.2, -0.15) is 0 Å². The van der Waals surface area contributed by atoms with E-state index in [0.29, 0.717) is 6.54 Å². The third-order valence-electron chi connectivity index (χ3n) is 4.80. The molecule has 0 spiro atoms. The third-order valence-corrected chi connectivity index (χ3v) is 4.80. The van der Waals surface area contributed by atoms with Crippen molar-refractivity contribution >= 4 is 11.4 Å². The molecular formula is C20H27N3. The highest BCUT2D eigenvalue weighted by Crippen LogP contribution is 2.31. The molecule has 1 aliphatic rings. The molecule has 1 saturated carbocycles. The van der Waals surface area contributed by atoms with Crippen LogP contribution in [0.15, 0.2) is 35.5 Å². The maximum atomic E-state index is 5.85. The summed E-state index contributed by atoms with van der Waals surface area (Å²) in [6.07, 6.45) is 5.92. The summed E-state index contributed by atoms with van der Waals surface area (Å²) in [5, 5.41) is 0. The summed E-state index contributed by atoms with van der Waals surface area (Å²) in [6.45, 7) is 8.14. The van der Waals surface area contributed by atoms with E-state index in [1.807, 2.05) is 0 Å². The van der Waals surface area contributed by atoms with Gasteiger partial charge in [-0.1, -0.05) is 13.0 Å². The number of nitrogens with two attached hydrogens (primary N) is 1. The predicted molar refractivity (Wildman–Crippen MR) is 97.5 cm³/mol. The van der Waals surface area contributed by atoms with Crippen LogP contribution in [0.3, 0.4) is 0 Å². The minimum atomic E-state index is 0.562. The fourth-order valence-electron chi connectivity index (χ4n) is 3.14. The molecule has 3 rings (SSSR count). The van der Waals surface area contributed by atoms with Gasteiger partial charge in [0.1, 0.15) is 0 Å². The first-order valence-electron chi connectivity index (χ1n) is 8.65. The Bertz CT molecular complexity index is 720. The van der Waals surface area contributed by atoms with E-state index in [0.717, 1.165) is 35.8 Å². The van der Waals surface area contributed by atoms with Crippen molar-refractivity contribution in [2.75, 3.05) is 0 Å². The molecule has 0 bridgehead atoms. The molecule has 3 heteroatoms. The zero-order chi connectivity index (χ0) is 16.4. The lowest BCUT2D eigenvalue weighted by molar-refractivity contribution is 0.626. The van der Waals surface area contributed by atoms with Gasteiger partial charge in [-0.05, 0) is 73.9 Å². The van der Waals surface area contributed by atoms with Crippen molar-refractivity contribution in [1.29, 1.82) is 0 Å². The molecular weight excluding hydrogens is 282 g/mol. The van der Waals surface area contributed by atoms with Crippen LogP contribution in [-0.2, 0) is 19.5 Å². The average Bonchev–Trinajstić information content (AvgIpc) is 3.24. The van der Waals surface area contributed by atoms with Gasteiger partial charge in [0.05, 0.1) is 17.1 Å². The van der Waals surface area contributed by atoms with Crippen LogP contribution in [0.2, 0.25) is 0 Å². The summed E-state index contributed by atoms with van der Waals surface area (Å²) in [5.41, 5.74) is 13.0. The Morgan fingerprint density at radius 1 is 1.35 bits per heavy atom. The molecule has 3 nitrogen and oxygen atoms in total. The zero-order valence-corrected chi connectivity index (χ0v) is 14.5. The van der Waals surface area contributed by atoms with E-state index in [2.05, 4.69) is 55.8 Å². The van der Waals surface area contributed by atoms with Crippen LogP contribution in [0.1, 0.15) is 49.1 Å². The number of hydrogen-bond acceptors (Lipinski definition) is 2. The Labute approximate surface area is 139 Å². The van der Waals surface area contributed by atoms with Gasteiger partial charge in [-0.15, -0.1) is 0 Å². The van der Waals surface area contributed by atoms with E-state index >= 15 is 0 Å². The summed E-state index contributed by atoms with van der Waals surface area (Å²) in [5.74, 6) is 0.864. The molecule has 1 aromatic heterocycles. The number of rotatable bonds is 6. The van der Waals surface area contributed by atoms with E-state index in [1.54, 1.807) is 0 Å². The van der Waals surface area contributed by atoms with Gasteiger partial charge in [0, 0.05) is 19.3 Å². The van der Waals surface area contributed by atoms with Crippen LogP contribution in [0.25, 0.3) is 0 Å². The second-order valence-electron chi connectivity index (χ2n) is 6.64. The molecule has 0 unspecified atom stereocenters. The van der Waals surface area contributed by atoms with Crippen molar-refractivity contribution in [3.8, 4) is 0 Å². The summed E-state index contributed by atoms with van der Waals surface area (Å²) in [7, 11) is 0. The first kappa shape index (κ1) is 16.0. The van der Waals surface area contributed by atoms with E-state index in [4.69, 9.17) is 10.7 Å². The van der Waals surface area contributed by atoms with Crippen molar-refractivity contribution in [2.24, 2.45) is 16.6 Å². The van der Waals surface area contributed by atoms with Gasteiger partial charge < -0.3 is 10.3 Å². The van der Waals surface area contributed by atoms with E-state index in [-0.39, 0.29) is 0 Å². The van der Waals surface area contributed by atoms with Crippen LogP contribution >= 0.6 is 0 Å². The molecule has 0 radical (unpaired) electrons. The highest BCUT2D eigenvalue weighted by Gasteiger charge is 2.22. The molecule has 0 saturated heterocycles. The fraction of sp³-hybridized carbons (Fsp3) is 0.450. The van der Waals surface area contributed by atoms with Crippen LogP contribution < -0.4 is 5.73 Å². The van der Waals surface area contributed by atoms with Crippen molar-refractivity contribution < 1.29 is 0 Å². The Morgan fingerprint density at radius 3 is 2.78 bits per heavy atom. The van der Waals surface area contributed by atoms with Gasteiger partial charge in [0.15, 0.2) is 0 Å². The Morgan fingerprint density at radius 2 is 2.13 bits per heavy atom. The molecule has 1 aliphatic carbocycles. The van der Waals surface area contributed by atoms with Crippen molar-refractivity contribution in [2.45, 2.75) is 53.1 Å². The minimum Gasteiger partial charge on any atom is -0.346 e. The maximum absolute atomic E-state index is 5.85. The largest absolute Gasteiger partial charge is 0.346 e. The summed E-state index contributed by atoms with van der Waals surface area (Å²) in [6, 6.07) is 8.63.